The minimum Gasteiger partial charge on any atom is -0.419 e. The van der Waals surface area contributed by atoms with E-state index in [2.05, 4.69) is 14.9 Å². The van der Waals surface area contributed by atoms with E-state index in [9.17, 15) is 12.8 Å². The summed E-state index contributed by atoms with van der Waals surface area (Å²) in [6.07, 6.45) is 0. The van der Waals surface area contributed by atoms with Crippen LogP contribution in [0.2, 0.25) is 0 Å². The number of halogens is 1. The van der Waals surface area contributed by atoms with E-state index in [1.807, 2.05) is 25.1 Å². The molecule has 0 amide bonds. The Bertz CT molecular complexity index is 1260. The summed E-state index contributed by atoms with van der Waals surface area (Å²) >= 11 is 0. The van der Waals surface area contributed by atoms with Gasteiger partial charge in [0.2, 0.25) is 21.8 Å². The maximum Gasteiger partial charge on any atom is 0.247 e. The average Bonchev–Trinajstić information content (AvgIpc) is 3.24. The van der Waals surface area contributed by atoms with E-state index in [1.165, 1.54) is 30.3 Å². The molecule has 8 heteroatoms. The molecule has 4 rings (SSSR count). The summed E-state index contributed by atoms with van der Waals surface area (Å²) in [6, 6.07) is 20.0. The van der Waals surface area contributed by atoms with Gasteiger partial charge in [-0.15, -0.1) is 10.2 Å². The first-order chi connectivity index (χ1) is 14.4. The fraction of sp³-hybridized carbons (Fsp3) is 0.0909. The zero-order valence-electron chi connectivity index (χ0n) is 16.0. The standard InChI is InChI=1S/C22H18FN3O3S/c1-15-11-13-17(14-12-15)30(27,28)26-20(18-9-5-6-10-19(18)23)22-25-24-21(29-22)16-7-3-2-4-8-16/h2-14,20,26H,1H3. The molecule has 0 aliphatic carbocycles. The van der Waals surface area contributed by atoms with Crippen LogP contribution in [0.4, 0.5) is 4.39 Å². The number of nitrogens with one attached hydrogen (secondary N) is 1. The van der Waals surface area contributed by atoms with Crippen LogP contribution in [0.15, 0.2) is 88.2 Å². The average molecular weight is 423 g/mol. The predicted octanol–water partition coefficient (Wildman–Crippen LogP) is 4.25. The fourth-order valence-electron chi connectivity index (χ4n) is 2.95. The van der Waals surface area contributed by atoms with Crippen molar-refractivity contribution in [2.75, 3.05) is 0 Å². The van der Waals surface area contributed by atoms with Crippen LogP contribution >= 0.6 is 0 Å². The number of hydrogen-bond acceptors (Lipinski definition) is 5. The summed E-state index contributed by atoms with van der Waals surface area (Å²) < 4.78 is 48.7. The van der Waals surface area contributed by atoms with Crippen molar-refractivity contribution in [2.45, 2.75) is 17.9 Å². The molecule has 0 fully saturated rings. The molecule has 1 heterocycles. The first kappa shape index (κ1) is 19.9. The molecule has 1 aromatic heterocycles. The van der Waals surface area contributed by atoms with E-state index in [4.69, 9.17) is 4.42 Å². The van der Waals surface area contributed by atoms with Crippen LogP contribution in [0, 0.1) is 12.7 Å². The number of aryl methyl sites for hydroxylation is 1. The molecule has 4 aromatic rings. The molecule has 0 aliphatic rings. The molecule has 1 unspecified atom stereocenters. The molecule has 0 aliphatic heterocycles. The van der Waals surface area contributed by atoms with Crippen LogP contribution in [-0.4, -0.2) is 18.6 Å². The number of sulfonamides is 1. The van der Waals surface area contributed by atoms with Gasteiger partial charge in [0.1, 0.15) is 11.9 Å². The minimum absolute atomic E-state index is 0.0530. The van der Waals surface area contributed by atoms with Gasteiger partial charge in [-0.3, -0.25) is 0 Å². The summed E-state index contributed by atoms with van der Waals surface area (Å²) in [5.74, 6) is -0.440. The number of rotatable bonds is 6. The second-order valence-electron chi connectivity index (χ2n) is 6.70. The van der Waals surface area contributed by atoms with E-state index in [0.29, 0.717) is 5.56 Å². The van der Waals surface area contributed by atoms with Crippen molar-refractivity contribution in [3.63, 3.8) is 0 Å². The Morgan fingerprint density at radius 3 is 2.27 bits per heavy atom. The van der Waals surface area contributed by atoms with Gasteiger partial charge in [-0.25, -0.2) is 12.8 Å². The third-order valence-electron chi connectivity index (χ3n) is 4.53. The van der Waals surface area contributed by atoms with Gasteiger partial charge < -0.3 is 4.42 Å². The Labute approximate surface area is 173 Å². The van der Waals surface area contributed by atoms with Crippen LogP contribution in [0.5, 0.6) is 0 Å². The van der Waals surface area contributed by atoms with Crippen molar-refractivity contribution in [1.29, 1.82) is 0 Å². The SMILES string of the molecule is Cc1ccc(S(=O)(=O)NC(c2nnc(-c3ccccc3)o2)c2ccccc2F)cc1. The van der Waals surface area contributed by atoms with Crippen molar-refractivity contribution in [3.05, 3.63) is 102 Å². The number of benzene rings is 3. The van der Waals surface area contributed by atoms with Crippen LogP contribution in [0.25, 0.3) is 11.5 Å². The first-order valence-corrected chi connectivity index (χ1v) is 10.6. The number of aromatic nitrogens is 2. The van der Waals surface area contributed by atoms with E-state index in [1.54, 1.807) is 30.3 Å². The topological polar surface area (TPSA) is 85.1 Å². The van der Waals surface area contributed by atoms with Gasteiger partial charge in [-0.1, -0.05) is 54.1 Å². The summed E-state index contributed by atoms with van der Waals surface area (Å²) in [4.78, 5) is 0.0530. The van der Waals surface area contributed by atoms with Gasteiger partial charge >= 0.3 is 0 Å². The molecule has 3 aromatic carbocycles. The van der Waals surface area contributed by atoms with E-state index in [-0.39, 0.29) is 22.2 Å². The maximum atomic E-state index is 14.6. The van der Waals surface area contributed by atoms with Crippen molar-refractivity contribution in [3.8, 4) is 11.5 Å². The van der Waals surface area contributed by atoms with Gasteiger partial charge in [0.05, 0.1) is 4.90 Å². The molecule has 0 radical (unpaired) electrons. The minimum atomic E-state index is -3.99. The van der Waals surface area contributed by atoms with Crippen molar-refractivity contribution in [1.82, 2.24) is 14.9 Å². The number of hydrogen-bond donors (Lipinski definition) is 1. The lowest BCUT2D eigenvalue weighted by Gasteiger charge is -2.16. The lowest BCUT2D eigenvalue weighted by atomic mass is 10.1. The lowest BCUT2D eigenvalue weighted by molar-refractivity contribution is 0.455. The van der Waals surface area contributed by atoms with Gasteiger partial charge in [0.25, 0.3) is 0 Å². The summed E-state index contributed by atoms with van der Waals surface area (Å²) in [5, 5.41) is 7.99. The van der Waals surface area contributed by atoms with Gasteiger partial charge in [0.15, 0.2) is 0 Å². The number of nitrogens with zero attached hydrogens (tertiary/aromatic N) is 2. The van der Waals surface area contributed by atoms with E-state index >= 15 is 0 Å². The van der Waals surface area contributed by atoms with Crippen LogP contribution in [0.3, 0.4) is 0 Å². The van der Waals surface area contributed by atoms with Gasteiger partial charge in [0, 0.05) is 11.1 Å². The Kier molecular flexibility index (Phi) is 5.43. The highest BCUT2D eigenvalue weighted by atomic mass is 32.2. The van der Waals surface area contributed by atoms with E-state index < -0.39 is 21.9 Å². The van der Waals surface area contributed by atoms with Crippen LogP contribution in [0.1, 0.15) is 23.1 Å². The second kappa shape index (κ2) is 8.17. The van der Waals surface area contributed by atoms with Crippen LogP contribution in [-0.2, 0) is 10.0 Å². The Morgan fingerprint density at radius 2 is 1.57 bits per heavy atom. The van der Waals surface area contributed by atoms with Crippen molar-refractivity contribution in [2.24, 2.45) is 0 Å². The molecular formula is C22H18FN3O3S. The van der Waals surface area contributed by atoms with Crippen molar-refractivity contribution >= 4 is 10.0 Å². The predicted molar refractivity (Wildman–Crippen MR) is 109 cm³/mol. The molecule has 0 spiro atoms. The Balaban J connectivity index is 1.75. The largest absolute Gasteiger partial charge is 0.419 e. The molecular weight excluding hydrogens is 405 g/mol. The van der Waals surface area contributed by atoms with Gasteiger partial charge in [-0.05, 0) is 37.3 Å². The molecule has 1 N–H and O–H groups in total. The van der Waals surface area contributed by atoms with Crippen LogP contribution < -0.4 is 4.72 Å². The quantitative estimate of drug-likeness (QED) is 0.501. The van der Waals surface area contributed by atoms with E-state index in [0.717, 1.165) is 5.56 Å². The summed E-state index contributed by atoms with van der Waals surface area (Å²) in [6.45, 7) is 1.86. The second-order valence-corrected chi connectivity index (χ2v) is 8.41. The summed E-state index contributed by atoms with van der Waals surface area (Å²) in [5.41, 5.74) is 1.67. The van der Waals surface area contributed by atoms with Gasteiger partial charge in [-0.2, -0.15) is 4.72 Å². The highest BCUT2D eigenvalue weighted by Gasteiger charge is 2.29. The molecule has 152 valence electrons. The summed E-state index contributed by atoms with van der Waals surface area (Å²) in [7, 11) is -3.99. The highest BCUT2D eigenvalue weighted by Crippen LogP contribution is 2.28. The first-order valence-electron chi connectivity index (χ1n) is 9.16. The molecule has 30 heavy (non-hydrogen) atoms. The zero-order valence-corrected chi connectivity index (χ0v) is 16.8. The highest BCUT2D eigenvalue weighted by molar-refractivity contribution is 7.89. The zero-order chi connectivity index (χ0) is 21.1. The normalized spacial score (nSPS) is 12.6. The molecule has 1 atom stereocenters. The fourth-order valence-corrected chi connectivity index (χ4v) is 4.11. The smallest absolute Gasteiger partial charge is 0.247 e. The maximum absolute atomic E-state index is 14.6. The third-order valence-corrected chi connectivity index (χ3v) is 5.97. The Hall–Kier alpha value is -3.36. The molecule has 0 bridgehead atoms. The molecule has 6 nitrogen and oxygen atoms in total. The lowest BCUT2D eigenvalue weighted by Crippen LogP contribution is -2.30. The monoisotopic (exact) mass is 423 g/mol. The van der Waals surface area contributed by atoms with Crippen molar-refractivity contribution < 1.29 is 17.2 Å². The molecule has 0 saturated carbocycles. The Morgan fingerprint density at radius 1 is 0.900 bits per heavy atom. The third kappa shape index (κ3) is 4.14. The molecule has 0 saturated heterocycles.